The van der Waals surface area contributed by atoms with Crippen molar-refractivity contribution >= 4 is 18.1 Å². The number of aryl methyl sites for hydroxylation is 1. The van der Waals surface area contributed by atoms with Crippen molar-refractivity contribution in [2.24, 2.45) is 5.73 Å². The van der Waals surface area contributed by atoms with Crippen LogP contribution in [0.3, 0.4) is 0 Å². The molecule has 0 saturated heterocycles. The maximum Gasteiger partial charge on any atom is 0.248 e. The van der Waals surface area contributed by atoms with Gasteiger partial charge in [-0.3, -0.25) is 4.79 Å². The SMILES string of the molecule is C/C=C/C.CCCNc1ncc[nH]1.Cc1ccc(C(N)=O)cc1C=N. The Balaban J connectivity index is 0.000000391. The average Bonchev–Trinajstić information content (AvgIpc) is 3.14. The van der Waals surface area contributed by atoms with Crippen molar-refractivity contribution in [1.29, 1.82) is 5.41 Å². The van der Waals surface area contributed by atoms with Crippen LogP contribution in [0.15, 0.2) is 42.7 Å². The largest absolute Gasteiger partial charge is 0.366 e. The average molecular weight is 343 g/mol. The molecule has 2 aromatic rings. The molecule has 0 aliphatic heterocycles. The number of nitrogens with two attached hydrogens (primary N) is 1. The van der Waals surface area contributed by atoms with E-state index >= 15 is 0 Å². The van der Waals surface area contributed by atoms with Gasteiger partial charge in [0.2, 0.25) is 5.91 Å². The van der Waals surface area contributed by atoms with Gasteiger partial charge >= 0.3 is 0 Å². The molecule has 0 aliphatic rings. The lowest BCUT2D eigenvalue weighted by Crippen LogP contribution is -2.11. The van der Waals surface area contributed by atoms with E-state index in [0.717, 1.165) is 30.0 Å². The molecule has 1 aromatic heterocycles. The molecule has 136 valence electrons. The number of rotatable bonds is 5. The number of carbonyl (C=O) groups excluding carboxylic acids is 1. The summed E-state index contributed by atoms with van der Waals surface area (Å²) in [5.74, 6) is 0.398. The first kappa shape index (κ1) is 22.1. The van der Waals surface area contributed by atoms with Gasteiger partial charge in [-0.15, -0.1) is 0 Å². The quantitative estimate of drug-likeness (QED) is 0.488. The number of aromatic amines is 1. The molecule has 0 unspecified atom stereocenters. The van der Waals surface area contributed by atoms with Crippen LogP contribution in [-0.4, -0.2) is 28.6 Å². The Labute approximate surface area is 150 Å². The fourth-order valence-corrected chi connectivity index (χ4v) is 1.55. The standard InChI is InChI=1S/C9H10N2O.C6H11N3.C4H8/c1-6-2-3-7(9(11)12)4-8(6)5-10;1-2-3-7-6-8-4-5-9-6;1-3-4-2/h2-5,10H,1H3,(H2,11,12);4-5H,2-3H2,1H3,(H2,7,8,9);3-4H,1-2H3/b;;4-3+. The fourth-order valence-electron chi connectivity index (χ4n) is 1.55. The molecule has 2 rings (SSSR count). The summed E-state index contributed by atoms with van der Waals surface area (Å²) in [7, 11) is 0. The van der Waals surface area contributed by atoms with Crippen LogP contribution in [0.25, 0.3) is 0 Å². The van der Waals surface area contributed by atoms with Crippen molar-refractivity contribution in [2.45, 2.75) is 34.1 Å². The lowest BCUT2D eigenvalue weighted by atomic mass is 10.1. The zero-order chi connectivity index (χ0) is 19.1. The van der Waals surface area contributed by atoms with Gasteiger partial charge in [-0.1, -0.05) is 25.1 Å². The Morgan fingerprint density at radius 2 is 2.04 bits per heavy atom. The van der Waals surface area contributed by atoms with E-state index in [0.29, 0.717) is 5.56 Å². The summed E-state index contributed by atoms with van der Waals surface area (Å²) in [6, 6.07) is 5.05. The number of H-pyrrole nitrogens is 1. The second-order valence-electron chi connectivity index (χ2n) is 5.11. The highest BCUT2D eigenvalue weighted by Gasteiger charge is 2.01. The zero-order valence-electron chi connectivity index (χ0n) is 15.5. The van der Waals surface area contributed by atoms with Crippen LogP contribution in [-0.2, 0) is 0 Å². The Kier molecular flexibility index (Phi) is 12.0. The summed E-state index contributed by atoms with van der Waals surface area (Å²) < 4.78 is 0. The number of anilines is 1. The number of hydrogen-bond donors (Lipinski definition) is 4. The van der Waals surface area contributed by atoms with Crippen molar-refractivity contribution in [3.8, 4) is 0 Å². The molecule has 1 amide bonds. The highest BCUT2D eigenvalue weighted by molar-refractivity contribution is 5.95. The number of amides is 1. The molecule has 0 bridgehead atoms. The first-order valence-corrected chi connectivity index (χ1v) is 8.21. The number of hydrogen-bond acceptors (Lipinski definition) is 4. The monoisotopic (exact) mass is 343 g/mol. The number of nitrogens with one attached hydrogen (secondary N) is 3. The van der Waals surface area contributed by atoms with Gasteiger partial charge in [0.25, 0.3) is 0 Å². The molecule has 0 atom stereocenters. The summed E-state index contributed by atoms with van der Waals surface area (Å²) in [4.78, 5) is 17.7. The third kappa shape index (κ3) is 9.76. The van der Waals surface area contributed by atoms with Crippen LogP contribution < -0.4 is 11.1 Å². The molecular formula is C19H29N5O. The van der Waals surface area contributed by atoms with Gasteiger partial charge < -0.3 is 21.4 Å². The van der Waals surface area contributed by atoms with E-state index in [1.165, 1.54) is 6.21 Å². The van der Waals surface area contributed by atoms with Crippen LogP contribution in [0.1, 0.15) is 48.7 Å². The molecule has 6 heteroatoms. The molecule has 0 spiro atoms. The highest BCUT2D eigenvalue weighted by atomic mass is 16.1. The molecule has 25 heavy (non-hydrogen) atoms. The van der Waals surface area contributed by atoms with Gasteiger partial charge in [-0.2, -0.15) is 0 Å². The van der Waals surface area contributed by atoms with Crippen molar-refractivity contribution in [3.63, 3.8) is 0 Å². The van der Waals surface area contributed by atoms with Crippen molar-refractivity contribution in [1.82, 2.24) is 9.97 Å². The number of aromatic nitrogens is 2. The number of carbonyl (C=O) groups is 1. The Morgan fingerprint density at radius 1 is 1.36 bits per heavy atom. The van der Waals surface area contributed by atoms with Crippen molar-refractivity contribution < 1.29 is 4.79 Å². The summed E-state index contributed by atoms with van der Waals surface area (Å²) in [5.41, 5.74) is 7.21. The Morgan fingerprint density at radius 3 is 2.48 bits per heavy atom. The van der Waals surface area contributed by atoms with E-state index in [4.69, 9.17) is 11.1 Å². The maximum absolute atomic E-state index is 10.7. The van der Waals surface area contributed by atoms with Gasteiger partial charge in [-0.25, -0.2) is 4.98 Å². The fraction of sp³-hybridized carbons (Fsp3) is 0.316. The lowest BCUT2D eigenvalue weighted by molar-refractivity contribution is 0.100. The molecule has 0 saturated carbocycles. The molecule has 0 radical (unpaired) electrons. The van der Waals surface area contributed by atoms with E-state index < -0.39 is 5.91 Å². The second kappa shape index (κ2) is 13.5. The van der Waals surface area contributed by atoms with E-state index in [9.17, 15) is 4.79 Å². The topological polar surface area (TPSA) is 108 Å². The number of imidazole rings is 1. The predicted molar refractivity (Wildman–Crippen MR) is 105 cm³/mol. The first-order valence-electron chi connectivity index (χ1n) is 8.21. The minimum atomic E-state index is -0.460. The minimum absolute atomic E-state index is 0.444. The summed E-state index contributed by atoms with van der Waals surface area (Å²) in [6.07, 6.45) is 9.87. The number of allylic oxidation sites excluding steroid dienone is 2. The van der Waals surface area contributed by atoms with Gasteiger partial charge in [0, 0.05) is 30.7 Å². The number of nitrogens with zero attached hydrogens (tertiary/aromatic N) is 1. The smallest absolute Gasteiger partial charge is 0.248 e. The van der Waals surface area contributed by atoms with Crippen molar-refractivity contribution in [3.05, 3.63) is 59.4 Å². The molecule has 1 heterocycles. The molecular weight excluding hydrogens is 314 g/mol. The van der Waals surface area contributed by atoms with Gasteiger partial charge in [0.1, 0.15) is 0 Å². The number of benzene rings is 1. The maximum atomic E-state index is 10.7. The lowest BCUT2D eigenvalue weighted by Gasteiger charge is -2.00. The van der Waals surface area contributed by atoms with E-state index in [1.54, 1.807) is 30.6 Å². The number of primary amides is 1. The summed E-state index contributed by atoms with van der Waals surface area (Å²) in [5, 5.41) is 10.2. The van der Waals surface area contributed by atoms with Crippen LogP contribution in [0, 0.1) is 12.3 Å². The van der Waals surface area contributed by atoms with Gasteiger partial charge in [0.15, 0.2) is 5.95 Å². The van der Waals surface area contributed by atoms with Gasteiger partial charge in [0.05, 0.1) is 0 Å². The van der Waals surface area contributed by atoms with E-state index in [-0.39, 0.29) is 0 Å². The Bertz CT molecular complexity index is 644. The van der Waals surface area contributed by atoms with Crippen LogP contribution in [0.4, 0.5) is 5.95 Å². The molecule has 6 nitrogen and oxygen atoms in total. The first-order chi connectivity index (χ1) is 12.0. The molecule has 1 aromatic carbocycles. The normalized spacial score (nSPS) is 9.44. The third-order valence-corrected chi connectivity index (χ3v) is 3.09. The zero-order valence-corrected chi connectivity index (χ0v) is 15.5. The molecule has 0 fully saturated rings. The highest BCUT2D eigenvalue weighted by Crippen LogP contribution is 2.08. The summed E-state index contributed by atoms with van der Waals surface area (Å²) in [6.45, 7) is 8.98. The van der Waals surface area contributed by atoms with Gasteiger partial charge in [-0.05, 0) is 50.5 Å². The van der Waals surface area contributed by atoms with Crippen LogP contribution in [0.2, 0.25) is 0 Å². The van der Waals surface area contributed by atoms with E-state index in [1.807, 2.05) is 32.9 Å². The third-order valence-electron chi connectivity index (χ3n) is 3.09. The minimum Gasteiger partial charge on any atom is -0.366 e. The molecule has 0 aliphatic carbocycles. The predicted octanol–water partition coefficient (Wildman–Crippen LogP) is 3.91. The summed E-state index contributed by atoms with van der Waals surface area (Å²) >= 11 is 0. The second-order valence-corrected chi connectivity index (χ2v) is 5.11. The van der Waals surface area contributed by atoms with Crippen LogP contribution >= 0.6 is 0 Å². The van der Waals surface area contributed by atoms with E-state index in [2.05, 4.69) is 22.2 Å². The van der Waals surface area contributed by atoms with Crippen molar-refractivity contribution in [2.75, 3.05) is 11.9 Å². The Hall–Kier alpha value is -2.89. The molecule has 5 N–H and O–H groups in total. The van der Waals surface area contributed by atoms with Crippen LogP contribution in [0.5, 0.6) is 0 Å².